The molecule has 0 aliphatic heterocycles. The Labute approximate surface area is 186 Å². The highest BCUT2D eigenvalue weighted by Gasteiger charge is 2.53. The second-order valence-electron chi connectivity index (χ2n) is 6.59. The Morgan fingerprint density at radius 2 is 0.867 bits per heavy atom. The lowest BCUT2D eigenvalue weighted by Gasteiger charge is -2.31. The van der Waals surface area contributed by atoms with Crippen LogP contribution in [0.4, 0.5) is 0 Å². The van der Waals surface area contributed by atoms with Crippen LogP contribution in [0.25, 0.3) is 0 Å². The Bertz CT molecular complexity index is 958. The molecule has 3 nitrogen and oxygen atoms in total. The van der Waals surface area contributed by atoms with Gasteiger partial charge in [-0.05, 0) is 42.0 Å². The van der Waals surface area contributed by atoms with E-state index in [-0.39, 0.29) is 0 Å². The van der Waals surface area contributed by atoms with Crippen LogP contribution in [0.3, 0.4) is 0 Å². The smallest absolute Gasteiger partial charge is 0.480 e. The van der Waals surface area contributed by atoms with Crippen LogP contribution < -0.4 is 18.5 Å². The maximum atomic E-state index is 6.61. The molecule has 0 radical (unpaired) electrons. The van der Waals surface area contributed by atoms with Crippen LogP contribution >= 0.6 is 15.9 Å². The fourth-order valence-corrected chi connectivity index (χ4v) is 6.50. The molecule has 0 spiro atoms. The molecular weight excluding hydrogens is 456 g/mol. The van der Waals surface area contributed by atoms with Crippen LogP contribution in [0.15, 0.2) is 115 Å². The van der Waals surface area contributed by atoms with E-state index in [1.165, 1.54) is 0 Å². The zero-order chi connectivity index (χ0) is 20.7. The number of para-hydroxylation sites is 3. The highest BCUT2D eigenvalue weighted by atomic mass is 79.9. The summed E-state index contributed by atoms with van der Waals surface area (Å²) >= 11 is 3.61. The molecule has 0 heterocycles. The van der Waals surface area contributed by atoms with E-state index in [1.54, 1.807) is 0 Å². The van der Waals surface area contributed by atoms with Crippen molar-refractivity contribution in [2.45, 2.75) is 5.33 Å². The summed E-state index contributed by atoms with van der Waals surface area (Å²) in [5.74, 6) is 2.08. The third-order valence-corrected chi connectivity index (χ3v) is 7.74. The summed E-state index contributed by atoms with van der Waals surface area (Å²) in [5, 5.41) is 1.57. The molecule has 0 aliphatic carbocycles. The van der Waals surface area contributed by atoms with Gasteiger partial charge in [0, 0.05) is 5.33 Å². The summed E-state index contributed by atoms with van der Waals surface area (Å²) in [6.07, 6.45) is 0. The molecule has 0 saturated heterocycles. The standard InChI is InChI=1S/C25H21BrO3Si/c26-20-21-12-10-11-19-25(21)30(27-22-13-4-1-5-14-22,28-23-15-6-2-7-16-23)29-24-17-8-3-9-18-24/h1-19H,20H2. The van der Waals surface area contributed by atoms with Gasteiger partial charge in [-0.1, -0.05) is 94.8 Å². The van der Waals surface area contributed by atoms with Crippen LogP contribution in [-0.2, 0) is 5.33 Å². The van der Waals surface area contributed by atoms with Crippen molar-refractivity contribution in [2.75, 3.05) is 0 Å². The molecule has 5 heteroatoms. The van der Waals surface area contributed by atoms with Gasteiger partial charge in [-0.3, -0.25) is 0 Å². The largest absolute Gasteiger partial charge is 0.737 e. The van der Waals surface area contributed by atoms with Gasteiger partial charge >= 0.3 is 8.80 Å². The van der Waals surface area contributed by atoms with Crippen LogP contribution in [-0.4, -0.2) is 8.80 Å². The number of benzene rings is 4. The predicted molar refractivity (Wildman–Crippen MR) is 126 cm³/mol. The Balaban J connectivity index is 1.88. The summed E-state index contributed by atoms with van der Waals surface area (Å²) in [4.78, 5) is 0. The zero-order valence-electron chi connectivity index (χ0n) is 16.3. The van der Waals surface area contributed by atoms with Crippen molar-refractivity contribution in [3.63, 3.8) is 0 Å². The maximum absolute atomic E-state index is 6.61. The first-order valence-electron chi connectivity index (χ1n) is 9.65. The van der Waals surface area contributed by atoms with Gasteiger partial charge in [-0.2, -0.15) is 0 Å². The minimum Gasteiger partial charge on any atom is -0.480 e. The zero-order valence-corrected chi connectivity index (χ0v) is 18.9. The molecule has 0 fully saturated rings. The molecule has 0 saturated carbocycles. The maximum Gasteiger partial charge on any atom is 0.737 e. The van der Waals surface area contributed by atoms with Crippen molar-refractivity contribution in [3.05, 3.63) is 121 Å². The van der Waals surface area contributed by atoms with Gasteiger partial charge in [0.15, 0.2) is 0 Å². The third-order valence-electron chi connectivity index (χ3n) is 4.48. The fraction of sp³-hybridized carbons (Fsp3) is 0.0400. The van der Waals surface area contributed by atoms with E-state index in [9.17, 15) is 0 Å². The monoisotopic (exact) mass is 476 g/mol. The second kappa shape index (κ2) is 9.65. The lowest BCUT2D eigenvalue weighted by molar-refractivity contribution is 0.281. The molecule has 0 aliphatic rings. The van der Waals surface area contributed by atoms with Crippen molar-refractivity contribution < 1.29 is 13.3 Å². The molecule has 0 amide bonds. The van der Waals surface area contributed by atoms with E-state index in [2.05, 4.69) is 22.0 Å². The highest BCUT2D eigenvalue weighted by molar-refractivity contribution is 9.08. The van der Waals surface area contributed by atoms with E-state index < -0.39 is 8.80 Å². The van der Waals surface area contributed by atoms with Crippen molar-refractivity contribution >= 4 is 29.9 Å². The van der Waals surface area contributed by atoms with Crippen LogP contribution in [0.5, 0.6) is 17.2 Å². The molecule has 0 atom stereocenters. The van der Waals surface area contributed by atoms with Gasteiger partial charge in [0.25, 0.3) is 0 Å². The number of halogens is 1. The van der Waals surface area contributed by atoms with Crippen molar-refractivity contribution in [1.29, 1.82) is 0 Å². The van der Waals surface area contributed by atoms with Gasteiger partial charge in [-0.25, -0.2) is 0 Å². The first kappa shape index (κ1) is 20.3. The summed E-state index contributed by atoms with van der Waals surface area (Å²) in [5.41, 5.74) is 1.06. The molecule has 30 heavy (non-hydrogen) atoms. The Hall–Kier alpha value is -3.02. The summed E-state index contributed by atoms with van der Waals surface area (Å²) in [6, 6.07) is 37.1. The first-order valence-corrected chi connectivity index (χ1v) is 12.5. The van der Waals surface area contributed by atoms with E-state index in [0.29, 0.717) is 22.6 Å². The van der Waals surface area contributed by atoms with Gasteiger partial charge < -0.3 is 13.3 Å². The van der Waals surface area contributed by atoms with Gasteiger partial charge in [0.05, 0.1) is 5.19 Å². The van der Waals surface area contributed by atoms with Crippen molar-refractivity contribution in [2.24, 2.45) is 0 Å². The van der Waals surface area contributed by atoms with Crippen LogP contribution in [0.1, 0.15) is 5.56 Å². The predicted octanol–water partition coefficient (Wildman–Crippen LogP) is 5.96. The van der Waals surface area contributed by atoms with E-state index >= 15 is 0 Å². The molecule has 0 N–H and O–H groups in total. The van der Waals surface area contributed by atoms with Crippen molar-refractivity contribution in [3.8, 4) is 17.2 Å². The van der Waals surface area contributed by atoms with E-state index in [0.717, 1.165) is 10.8 Å². The minimum absolute atomic E-state index is 0.659. The van der Waals surface area contributed by atoms with E-state index in [4.69, 9.17) is 13.3 Å². The fourth-order valence-electron chi connectivity index (χ4n) is 3.09. The van der Waals surface area contributed by atoms with Gasteiger partial charge in [0.2, 0.25) is 0 Å². The van der Waals surface area contributed by atoms with E-state index in [1.807, 2.05) is 109 Å². The van der Waals surface area contributed by atoms with Gasteiger partial charge in [0.1, 0.15) is 17.2 Å². The first-order chi connectivity index (χ1) is 14.8. The summed E-state index contributed by atoms with van der Waals surface area (Å²) < 4.78 is 19.8. The molecule has 150 valence electrons. The van der Waals surface area contributed by atoms with Crippen molar-refractivity contribution in [1.82, 2.24) is 0 Å². The second-order valence-corrected chi connectivity index (χ2v) is 9.42. The SMILES string of the molecule is BrCc1ccccc1[Si](Oc1ccccc1)(Oc1ccccc1)Oc1ccccc1. The third kappa shape index (κ3) is 4.75. The molecule has 0 aromatic heterocycles. The molecule has 4 rings (SSSR count). The molecular formula is C25H21BrO3Si. The normalized spacial score (nSPS) is 11.0. The Morgan fingerprint density at radius 3 is 1.27 bits per heavy atom. The number of rotatable bonds is 8. The summed E-state index contributed by atoms with van der Waals surface area (Å²) in [6.45, 7) is 0. The van der Waals surface area contributed by atoms with Crippen LogP contribution in [0, 0.1) is 0 Å². The molecule has 0 bridgehead atoms. The minimum atomic E-state index is -3.49. The van der Waals surface area contributed by atoms with Gasteiger partial charge in [-0.15, -0.1) is 0 Å². The number of hydrogen-bond acceptors (Lipinski definition) is 3. The molecule has 0 unspecified atom stereocenters. The highest BCUT2D eigenvalue weighted by Crippen LogP contribution is 2.25. The van der Waals surface area contributed by atoms with Crippen LogP contribution in [0.2, 0.25) is 0 Å². The summed E-state index contributed by atoms with van der Waals surface area (Å²) in [7, 11) is -3.49. The number of alkyl halides is 1. The lowest BCUT2D eigenvalue weighted by Crippen LogP contribution is -2.65. The average molecular weight is 477 g/mol. The molecule has 4 aromatic rings. The topological polar surface area (TPSA) is 27.7 Å². The Kier molecular flexibility index (Phi) is 6.52. The quantitative estimate of drug-likeness (QED) is 0.231. The Morgan fingerprint density at radius 1 is 0.500 bits per heavy atom. The number of hydrogen-bond donors (Lipinski definition) is 0. The average Bonchev–Trinajstić information content (AvgIpc) is 2.81. The molecule has 4 aromatic carbocycles. The lowest BCUT2D eigenvalue weighted by atomic mass is 10.2.